The number of nitrogens with one attached hydrogen (secondary N) is 1. The van der Waals surface area contributed by atoms with Crippen molar-refractivity contribution in [2.45, 2.75) is 38.1 Å². The Balaban J connectivity index is 1.35. The summed E-state index contributed by atoms with van der Waals surface area (Å²) >= 11 is 0. The fourth-order valence-corrected chi connectivity index (χ4v) is 4.36. The fourth-order valence-electron chi connectivity index (χ4n) is 4.36. The monoisotopic (exact) mass is 317 g/mol. The van der Waals surface area contributed by atoms with Crippen LogP contribution in [0.5, 0.6) is 5.75 Å². The van der Waals surface area contributed by atoms with Gasteiger partial charge in [-0.1, -0.05) is 0 Å². The normalized spacial score (nSPS) is 32.1. The van der Waals surface area contributed by atoms with Crippen molar-refractivity contribution in [2.24, 2.45) is 11.3 Å². The van der Waals surface area contributed by atoms with E-state index in [1.54, 1.807) is 0 Å². The van der Waals surface area contributed by atoms with Gasteiger partial charge in [0.25, 0.3) is 0 Å². The molecule has 4 rings (SSSR count). The zero-order valence-corrected chi connectivity index (χ0v) is 13.7. The highest BCUT2D eigenvalue weighted by molar-refractivity contribution is 5.51. The Morgan fingerprint density at radius 2 is 2.39 bits per heavy atom. The number of hydrogen-bond acceptors (Lipinski definition) is 5. The van der Waals surface area contributed by atoms with Crippen molar-refractivity contribution in [2.75, 3.05) is 37.7 Å². The molecule has 0 amide bonds. The van der Waals surface area contributed by atoms with Gasteiger partial charge in [-0.3, -0.25) is 4.98 Å². The molecule has 0 spiro atoms. The summed E-state index contributed by atoms with van der Waals surface area (Å²) in [5, 5.41) is 12.5. The Hall–Kier alpha value is -1.33. The van der Waals surface area contributed by atoms with Crippen LogP contribution in [0.3, 0.4) is 0 Å². The molecule has 2 aliphatic heterocycles. The lowest BCUT2D eigenvalue weighted by Crippen LogP contribution is -2.28. The van der Waals surface area contributed by atoms with Crippen LogP contribution < -0.4 is 15.0 Å². The quantitative estimate of drug-likeness (QED) is 0.803. The standard InChI is InChI=1S/C18H27N3O2/c22-6-2-4-18-8-14(18)11-21(13-18)16-7-17(10-19-9-16)23-12-15-3-1-5-20-15/h7,9-10,14-15,20,22H,1-6,8,11-13H2/t14-,15+,18+/m1/s1. The molecule has 0 unspecified atom stereocenters. The molecule has 0 radical (unpaired) electrons. The Morgan fingerprint density at radius 3 is 3.22 bits per heavy atom. The van der Waals surface area contributed by atoms with Crippen molar-refractivity contribution >= 4 is 5.69 Å². The molecule has 0 aromatic carbocycles. The molecule has 3 heterocycles. The van der Waals surface area contributed by atoms with Crippen LogP contribution in [-0.2, 0) is 0 Å². The molecule has 0 bridgehead atoms. The second-order valence-corrected chi connectivity index (χ2v) is 7.45. The van der Waals surface area contributed by atoms with Gasteiger partial charge in [-0.2, -0.15) is 0 Å². The number of aromatic nitrogens is 1. The van der Waals surface area contributed by atoms with Crippen LogP contribution in [0.2, 0.25) is 0 Å². The molecule has 2 N–H and O–H groups in total. The third-order valence-electron chi connectivity index (χ3n) is 5.82. The number of aliphatic hydroxyl groups is 1. The summed E-state index contributed by atoms with van der Waals surface area (Å²) in [6.45, 7) is 4.38. The van der Waals surface area contributed by atoms with Crippen LogP contribution in [0.1, 0.15) is 32.1 Å². The van der Waals surface area contributed by atoms with E-state index in [1.807, 2.05) is 12.4 Å². The van der Waals surface area contributed by atoms with Crippen molar-refractivity contribution in [3.05, 3.63) is 18.5 Å². The maximum absolute atomic E-state index is 9.08. The van der Waals surface area contributed by atoms with Gasteiger partial charge in [-0.15, -0.1) is 0 Å². The number of rotatable bonds is 7. The molecular formula is C18H27N3O2. The van der Waals surface area contributed by atoms with E-state index in [0.717, 1.165) is 50.8 Å². The first-order chi connectivity index (χ1) is 11.3. The molecule has 5 heteroatoms. The molecule has 1 aromatic rings. The predicted octanol–water partition coefficient (Wildman–Crippen LogP) is 1.81. The number of ether oxygens (including phenoxy) is 1. The highest BCUT2D eigenvalue weighted by Crippen LogP contribution is 2.61. The van der Waals surface area contributed by atoms with E-state index in [-0.39, 0.29) is 0 Å². The number of pyridine rings is 1. The number of fused-ring (bicyclic) bond motifs is 1. The average molecular weight is 317 g/mol. The van der Waals surface area contributed by atoms with Crippen LogP contribution in [0.4, 0.5) is 5.69 Å². The van der Waals surface area contributed by atoms with E-state index < -0.39 is 0 Å². The molecule has 3 aliphatic rings. The summed E-state index contributed by atoms with van der Waals surface area (Å²) in [7, 11) is 0. The molecule has 3 atom stereocenters. The van der Waals surface area contributed by atoms with E-state index in [1.165, 1.54) is 24.9 Å². The summed E-state index contributed by atoms with van der Waals surface area (Å²) in [4.78, 5) is 6.82. The number of nitrogens with zero attached hydrogens (tertiary/aromatic N) is 2. The van der Waals surface area contributed by atoms with Gasteiger partial charge in [0.1, 0.15) is 12.4 Å². The SMILES string of the molecule is OCCC[C@@]12C[C@@H]1CN(c1cncc(OC[C@@H]3CCCN3)c1)C2. The minimum absolute atomic E-state index is 0.314. The van der Waals surface area contributed by atoms with E-state index in [4.69, 9.17) is 9.84 Å². The molecule has 1 aliphatic carbocycles. The molecule has 23 heavy (non-hydrogen) atoms. The molecule has 5 nitrogen and oxygen atoms in total. The lowest BCUT2D eigenvalue weighted by atomic mass is 9.99. The third kappa shape index (κ3) is 3.17. The summed E-state index contributed by atoms with van der Waals surface area (Å²) in [5.41, 5.74) is 1.64. The van der Waals surface area contributed by atoms with Gasteiger partial charge in [-0.25, -0.2) is 0 Å². The Kier molecular flexibility index (Phi) is 4.16. The highest BCUT2D eigenvalue weighted by atomic mass is 16.5. The lowest BCUT2D eigenvalue weighted by molar-refractivity contribution is 0.268. The highest BCUT2D eigenvalue weighted by Gasteiger charge is 2.58. The molecule has 2 saturated heterocycles. The number of anilines is 1. The third-order valence-corrected chi connectivity index (χ3v) is 5.82. The minimum atomic E-state index is 0.314. The van der Waals surface area contributed by atoms with E-state index in [9.17, 15) is 0 Å². The van der Waals surface area contributed by atoms with Crippen LogP contribution in [0.25, 0.3) is 0 Å². The minimum Gasteiger partial charge on any atom is -0.490 e. The maximum Gasteiger partial charge on any atom is 0.139 e. The van der Waals surface area contributed by atoms with Crippen molar-refractivity contribution in [1.29, 1.82) is 0 Å². The predicted molar refractivity (Wildman–Crippen MR) is 89.8 cm³/mol. The van der Waals surface area contributed by atoms with Gasteiger partial charge < -0.3 is 20.1 Å². The van der Waals surface area contributed by atoms with Gasteiger partial charge in [0, 0.05) is 31.8 Å². The summed E-state index contributed by atoms with van der Waals surface area (Å²) in [6.07, 6.45) is 9.63. The first-order valence-electron chi connectivity index (χ1n) is 8.96. The Labute approximate surface area is 138 Å². The summed E-state index contributed by atoms with van der Waals surface area (Å²) in [5.74, 6) is 1.68. The molecule has 3 fully saturated rings. The maximum atomic E-state index is 9.08. The summed E-state index contributed by atoms with van der Waals surface area (Å²) < 4.78 is 5.93. The number of aliphatic hydroxyl groups excluding tert-OH is 1. The van der Waals surface area contributed by atoms with E-state index in [2.05, 4.69) is 21.3 Å². The Bertz CT molecular complexity index is 547. The second kappa shape index (κ2) is 6.29. The van der Waals surface area contributed by atoms with Gasteiger partial charge >= 0.3 is 0 Å². The lowest BCUT2D eigenvalue weighted by Gasteiger charge is -2.23. The van der Waals surface area contributed by atoms with Crippen LogP contribution in [0, 0.1) is 11.3 Å². The van der Waals surface area contributed by atoms with Gasteiger partial charge in [0.15, 0.2) is 0 Å². The zero-order valence-electron chi connectivity index (χ0n) is 13.7. The summed E-state index contributed by atoms with van der Waals surface area (Å²) in [6, 6.07) is 2.62. The first-order valence-corrected chi connectivity index (χ1v) is 8.96. The molecule has 1 aromatic heterocycles. The van der Waals surface area contributed by atoms with E-state index in [0.29, 0.717) is 18.1 Å². The van der Waals surface area contributed by atoms with Crippen LogP contribution in [0.15, 0.2) is 18.5 Å². The smallest absolute Gasteiger partial charge is 0.139 e. The average Bonchev–Trinajstić information content (AvgIpc) is 2.97. The molecule has 1 saturated carbocycles. The Morgan fingerprint density at radius 1 is 1.43 bits per heavy atom. The van der Waals surface area contributed by atoms with Crippen molar-refractivity contribution in [3.8, 4) is 5.75 Å². The fraction of sp³-hybridized carbons (Fsp3) is 0.722. The zero-order chi connectivity index (χ0) is 15.7. The first kappa shape index (κ1) is 15.2. The van der Waals surface area contributed by atoms with Crippen molar-refractivity contribution in [3.63, 3.8) is 0 Å². The number of piperidine rings is 1. The van der Waals surface area contributed by atoms with E-state index >= 15 is 0 Å². The van der Waals surface area contributed by atoms with Crippen molar-refractivity contribution in [1.82, 2.24) is 10.3 Å². The van der Waals surface area contributed by atoms with Crippen molar-refractivity contribution < 1.29 is 9.84 Å². The molecular weight excluding hydrogens is 290 g/mol. The largest absolute Gasteiger partial charge is 0.490 e. The topological polar surface area (TPSA) is 57.6 Å². The molecule has 126 valence electrons. The van der Waals surface area contributed by atoms with Gasteiger partial charge in [-0.05, 0) is 50.0 Å². The number of hydrogen-bond donors (Lipinski definition) is 2. The van der Waals surface area contributed by atoms with Gasteiger partial charge in [0.2, 0.25) is 0 Å². The van der Waals surface area contributed by atoms with Crippen LogP contribution in [-0.4, -0.2) is 49.0 Å². The van der Waals surface area contributed by atoms with Crippen LogP contribution >= 0.6 is 0 Å². The van der Waals surface area contributed by atoms with Gasteiger partial charge in [0.05, 0.1) is 18.1 Å². The second-order valence-electron chi connectivity index (χ2n) is 7.45.